The van der Waals surface area contributed by atoms with Gasteiger partial charge >= 0.3 is 6.03 Å². The first-order valence-electron chi connectivity index (χ1n) is 7.38. The summed E-state index contributed by atoms with van der Waals surface area (Å²) in [6, 6.07) is 6.97. The number of rotatable bonds is 4. The number of hydrogen-bond acceptors (Lipinski definition) is 5. The zero-order valence-corrected chi connectivity index (χ0v) is 14.8. The summed E-state index contributed by atoms with van der Waals surface area (Å²) < 4.78 is 1.82. The van der Waals surface area contributed by atoms with Gasteiger partial charge in [-0.3, -0.25) is 9.69 Å². The van der Waals surface area contributed by atoms with Crippen molar-refractivity contribution in [2.75, 3.05) is 13.1 Å². The van der Waals surface area contributed by atoms with Gasteiger partial charge in [0.2, 0.25) is 5.91 Å². The fourth-order valence-electron chi connectivity index (χ4n) is 2.38. The number of nitrogens with zero attached hydrogens (tertiary/aromatic N) is 4. The lowest BCUT2D eigenvalue weighted by Crippen LogP contribution is -2.39. The first-order chi connectivity index (χ1) is 11.5. The van der Waals surface area contributed by atoms with Gasteiger partial charge in [0.1, 0.15) is 0 Å². The van der Waals surface area contributed by atoms with Gasteiger partial charge in [0, 0.05) is 30.7 Å². The molecule has 0 saturated carbocycles. The molecule has 0 spiro atoms. The average molecular weight is 366 g/mol. The number of imide groups is 1. The molecule has 0 bridgehead atoms. The van der Waals surface area contributed by atoms with Gasteiger partial charge in [-0.1, -0.05) is 23.4 Å². The molecule has 0 radical (unpaired) electrons. The van der Waals surface area contributed by atoms with Crippen molar-refractivity contribution in [1.82, 2.24) is 25.0 Å². The fraction of sp³-hybridized carbons (Fsp3) is 0.333. The Morgan fingerprint density at radius 2 is 2.04 bits per heavy atom. The van der Waals surface area contributed by atoms with E-state index in [1.54, 1.807) is 19.1 Å². The number of urea groups is 1. The van der Waals surface area contributed by atoms with Gasteiger partial charge < -0.3 is 9.88 Å². The van der Waals surface area contributed by atoms with E-state index in [0.29, 0.717) is 29.1 Å². The van der Waals surface area contributed by atoms with Crippen molar-refractivity contribution in [3.05, 3.63) is 29.3 Å². The highest BCUT2D eigenvalue weighted by molar-refractivity contribution is 8.00. The van der Waals surface area contributed by atoms with E-state index in [4.69, 9.17) is 11.6 Å². The van der Waals surface area contributed by atoms with E-state index in [0.717, 1.165) is 5.56 Å². The molecule has 3 amide bonds. The Hall–Kier alpha value is -2.06. The maximum atomic E-state index is 12.4. The zero-order valence-electron chi connectivity index (χ0n) is 13.2. The molecular weight excluding hydrogens is 350 g/mol. The van der Waals surface area contributed by atoms with E-state index in [1.165, 1.54) is 16.7 Å². The van der Waals surface area contributed by atoms with Gasteiger partial charge in [-0.15, -0.1) is 10.2 Å². The third-order valence-electron chi connectivity index (χ3n) is 3.69. The van der Waals surface area contributed by atoms with Gasteiger partial charge in [-0.05, 0) is 31.2 Å². The fourth-order valence-corrected chi connectivity index (χ4v) is 3.38. The van der Waals surface area contributed by atoms with E-state index in [9.17, 15) is 9.59 Å². The van der Waals surface area contributed by atoms with Crippen LogP contribution in [0.4, 0.5) is 4.79 Å². The summed E-state index contributed by atoms with van der Waals surface area (Å²) in [5.41, 5.74) is 0.888. The average Bonchev–Trinajstić information content (AvgIpc) is 3.14. The Balaban J connectivity index is 1.75. The predicted molar refractivity (Wildman–Crippen MR) is 91.9 cm³/mol. The molecular formula is C15H16ClN5O2S. The summed E-state index contributed by atoms with van der Waals surface area (Å²) in [5.74, 6) is 0.457. The highest BCUT2D eigenvalue weighted by Gasteiger charge is 2.31. The highest BCUT2D eigenvalue weighted by Crippen LogP contribution is 2.27. The molecule has 1 fully saturated rings. The second-order valence-corrected chi connectivity index (χ2v) is 7.10. The quantitative estimate of drug-likeness (QED) is 0.840. The van der Waals surface area contributed by atoms with Crippen LogP contribution in [0.3, 0.4) is 0 Å². The zero-order chi connectivity index (χ0) is 17.3. The predicted octanol–water partition coefficient (Wildman–Crippen LogP) is 2.17. The first kappa shape index (κ1) is 16.8. The second kappa shape index (κ2) is 6.82. The molecule has 0 unspecified atom stereocenters. The van der Waals surface area contributed by atoms with Crippen LogP contribution < -0.4 is 5.32 Å². The molecule has 9 heteroatoms. The lowest BCUT2D eigenvalue weighted by atomic mass is 10.2. The van der Waals surface area contributed by atoms with E-state index >= 15 is 0 Å². The molecule has 1 atom stereocenters. The van der Waals surface area contributed by atoms with Crippen LogP contribution in [0.25, 0.3) is 11.4 Å². The van der Waals surface area contributed by atoms with E-state index < -0.39 is 5.25 Å². The van der Waals surface area contributed by atoms with Crippen molar-refractivity contribution in [3.63, 3.8) is 0 Å². The van der Waals surface area contributed by atoms with Crippen molar-refractivity contribution < 1.29 is 9.59 Å². The normalized spacial score (nSPS) is 15.5. The summed E-state index contributed by atoms with van der Waals surface area (Å²) in [7, 11) is 1.84. The van der Waals surface area contributed by atoms with Crippen molar-refractivity contribution in [3.8, 4) is 11.4 Å². The van der Waals surface area contributed by atoms with E-state index in [-0.39, 0.29) is 11.9 Å². The van der Waals surface area contributed by atoms with Gasteiger partial charge in [0.15, 0.2) is 11.0 Å². The molecule has 2 aromatic rings. The summed E-state index contributed by atoms with van der Waals surface area (Å²) >= 11 is 7.18. The Labute approximate surface area is 148 Å². The standard InChI is InChI=1S/C15H16ClN5O2S/c1-9(13(22)21-8-7-17-14(21)23)24-15-19-18-12(20(15)2)10-3-5-11(16)6-4-10/h3-6,9H,7-8H2,1-2H3,(H,17,23)/t9-/m0/s1. The molecule has 3 rings (SSSR count). The van der Waals surface area contributed by atoms with Gasteiger partial charge in [-0.25, -0.2) is 4.79 Å². The Kier molecular flexibility index (Phi) is 4.77. The van der Waals surface area contributed by atoms with E-state index in [1.807, 2.05) is 23.7 Å². The molecule has 1 saturated heterocycles. The molecule has 1 N–H and O–H groups in total. The van der Waals surface area contributed by atoms with Crippen molar-refractivity contribution in [2.24, 2.45) is 7.05 Å². The van der Waals surface area contributed by atoms with Crippen molar-refractivity contribution >= 4 is 35.3 Å². The number of benzene rings is 1. The maximum Gasteiger partial charge on any atom is 0.324 e. The third-order valence-corrected chi connectivity index (χ3v) is 5.06. The minimum atomic E-state index is -0.435. The number of nitrogens with one attached hydrogen (secondary N) is 1. The van der Waals surface area contributed by atoms with Crippen LogP contribution in [0.1, 0.15) is 6.92 Å². The molecule has 1 aliphatic heterocycles. The number of halogens is 1. The van der Waals surface area contributed by atoms with Crippen LogP contribution in [0, 0.1) is 0 Å². The first-order valence-corrected chi connectivity index (χ1v) is 8.64. The minimum absolute atomic E-state index is 0.231. The largest absolute Gasteiger partial charge is 0.336 e. The Morgan fingerprint density at radius 1 is 1.33 bits per heavy atom. The smallest absolute Gasteiger partial charge is 0.324 e. The summed E-state index contributed by atoms with van der Waals surface area (Å²) in [6.45, 7) is 2.65. The molecule has 1 aliphatic rings. The SMILES string of the molecule is C[C@H](Sc1nnc(-c2ccc(Cl)cc2)n1C)C(=O)N1CCNC1=O. The molecule has 24 heavy (non-hydrogen) atoms. The number of aromatic nitrogens is 3. The molecule has 126 valence electrons. The molecule has 1 aromatic carbocycles. The molecule has 1 aromatic heterocycles. The van der Waals surface area contributed by atoms with Gasteiger partial charge in [-0.2, -0.15) is 0 Å². The summed E-state index contributed by atoms with van der Waals surface area (Å²) in [6.07, 6.45) is 0. The number of amides is 3. The highest BCUT2D eigenvalue weighted by atomic mass is 35.5. The van der Waals surface area contributed by atoms with Gasteiger partial charge in [0.25, 0.3) is 0 Å². The van der Waals surface area contributed by atoms with Crippen LogP contribution in [0.2, 0.25) is 5.02 Å². The topological polar surface area (TPSA) is 80.1 Å². The lowest BCUT2D eigenvalue weighted by molar-refractivity contribution is -0.126. The molecule has 7 nitrogen and oxygen atoms in total. The maximum absolute atomic E-state index is 12.4. The number of carbonyl (C=O) groups is 2. The molecule has 0 aliphatic carbocycles. The minimum Gasteiger partial charge on any atom is -0.336 e. The van der Waals surface area contributed by atoms with E-state index in [2.05, 4.69) is 15.5 Å². The monoisotopic (exact) mass is 365 g/mol. The van der Waals surface area contributed by atoms with Gasteiger partial charge in [0.05, 0.1) is 5.25 Å². The summed E-state index contributed by atoms with van der Waals surface area (Å²) in [5, 5.41) is 11.8. The van der Waals surface area contributed by atoms with Crippen molar-refractivity contribution in [1.29, 1.82) is 0 Å². The van der Waals surface area contributed by atoms with Crippen LogP contribution in [0.5, 0.6) is 0 Å². The number of carbonyl (C=O) groups excluding carboxylic acids is 2. The second-order valence-electron chi connectivity index (χ2n) is 5.35. The van der Waals surface area contributed by atoms with Crippen LogP contribution in [-0.4, -0.2) is 49.9 Å². The van der Waals surface area contributed by atoms with Crippen molar-refractivity contribution in [2.45, 2.75) is 17.3 Å². The Bertz CT molecular complexity index is 777. The number of thioether (sulfide) groups is 1. The lowest BCUT2D eigenvalue weighted by Gasteiger charge is -2.16. The third kappa shape index (κ3) is 3.25. The van der Waals surface area contributed by atoms with Crippen LogP contribution in [0.15, 0.2) is 29.4 Å². The van der Waals surface area contributed by atoms with Crippen LogP contribution >= 0.6 is 23.4 Å². The summed E-state index contributed by atoms with van der Waals surface area (Å²) in [4.78, 5) is 25.2. The molecule has 2 heterocycles. The Morgan fingerprint density at radius 3 is 2.67 bits per heavy atom. The van der Waals surface area contributed by atoms with Crippen LogP contribution in [-0.2, 0) is 11.8 Å². The number of hydrogen-bond donors (Lipinski definition) is 1.